The summed E-state index contributed by atoms with van der Waals surface area (Å²) in [5.74, 6) is -0.530. The Labute approximate surface area is 190 Å². The van der Waals surface area contributed by atoms with Crippen LogP contribution >= 0.6 is 0 Å². The highest BCUT2D eigenvalue weighted by atomic mass is 16.6. The SMILES string of the molecule is CC(=O)O[C@H]1CC[C@]2(C)[C@H]3CC[C@@]4(C)[C@@H](CC[C@]4(O)C(C)=O)[C@@H]3C[C@@H](OC(C)=O)[C@@]2(O)C1. The maximum Gasteiger partial charge on any atom is 0.303 e. The fourth-order valence-corrected chi connectivity index (χ4v) is 8.49. The first-order valence-electron chi connectivity index (χ1n) is 12.1. The Hall–Kier alpha value is -1.47. The van der Waals surface area contributed by atoms with E-state index in [1.54, 1.807) is 0 Å². The second-order valence-corrected chi connectivity index (χ2v) is 11.4. The molecule has 0 aliphatic heterocycles. The van der Waals surface area contributed by atoms with Crippen molar-refractivity contribution < 1.29 is 34.1 Å². The lowest BCUT2D eigenvalue weighted by Gasteiger charge is -2.65. The summed E-state index contributed by atoms with van der Waals surface area (Å²) < 4.78 is 11.2. The average Bonchev–Trinajstić information content (AvgIpc) is 2.96. The molecule has 9 atom stereocenters. The number of esters is 2. The highest BCUT2D eigenvalue weighted by Crippen LogP contribution is 2.69. The van der Waals surface area contributed by atoms with Gasteiger partial charge in [-0.15, -0.1) is 0 Å². The molecule has 0 saturated heterocycles. The first kappa shape index (κ1) is 23.7. The summed E-state index contributed by atoms with van der Waals surface area (Å²) in [6.45, 7) is 8.35. The van der Waals surface area contributed by atoms with Gasteiger partial charge < -0.3 is 19.7 Å². The van der Waals surface area contributed by atoms with E-state index in [0.717, 1.165) is 19.3 Å². The molecule has 0 aromatic carbocycles. The molecule has 0 aromatic heterocycles. The summed E-state index contributed by atoms with van der Waals surface area (Å²) in [4.78, 5) is 36.1. The first-order chi connectivity index (χ1) is 14.8. The quantitative estimate of drug-likeness (QED) is 0.636. The van der Waals surface area contributed by atoms with Crippen molar-refractivity contribution in [2.45, 2.75) is 109 Å². The summed E-state index contributed by atoms with van der Waals surface area (Å²) >= 11 is 0. The Morgan fingerprint density at radius 3 is 1.97 bits per heavy atom. The lowest BCUT2D eigenvalue weighted by atomic mass is 9.42. The molecule has 4 aliphatic carbocycles. The van der Waals surface area contributed by atoms with Crippen molar-refractivity contribution in [2.24, 2.45) is 28.6 Å². The van der Waals surface area contributed by atoms with E-state index in [-0.39, 0.29) is 35.9 Å². The average molecular weight is 451 g/mol. The van der Waals surface area contributed by atoms with Gasteiger partial charge in [-0.25, -0.2) is 0 Å². The van der Waals surface area contributed by atoms with E-state index >= 15 is 0 Å². The Balaban J connectivity index is 1.72. The number of hydrogen-bond donors (Lipinski definition) is 2. The zero-order valence-electron chi connectivity index (χ0n) is 20.0. The maximum absolute atomic E-state index is 12.5. The van der Waals surface area contributed by atoms with Crippen molar-refractivity contribution >= 4 is 17.7 Å². The van der Waals surface area contributed by atoms with Gasteiger partial charge in [-0.05, 0) is 69.6 Å². The smallest absolute Gasteiger partial charge is 0.303 e. The third kappa shape index (κ3) is 3.10. The van der Waals surface area contributed by atoms with Crippen LogP contribution < -0.4 is 0 Å². The normalized spacial score (nSPS) is 49.9. The summed E-state index contributed by atoms with van der Waals surface area (Å²) in [6.07, 6.45) is 3.71. The molecule has 0 spiro atoms. The molecule has 4 aliphatic rings. The van der Waals surface area contributed by atoms with E-state index in [4.69, 9.17) is 9.47 Å². The largest absolute Gasteiger partial charge is 0.462 e. The highest BCUT2D eigenvalue weighted by Gasteiger charge is 2.71. The number of ketones is 1. The summed E-state index contributed by atoms with van der Waals surface area (Å²) in [5, 5.41) is 23.5. The van der Waals surface area contributed by atoms with Crippen molar-refractivity contribution in [1.82, 2.24) is 0 Å². The maximum atomic E-state index is 12.5. The van der Waals surface area contributed by atoms with E-state index in [2.05, 4.69) is 6.92 Å². The van der Waals surface area contributed by atoms with Crippen LogP contribution in [0.2, 0.25) is 0 Å². The molecule has 0 heterocycles. The van der Waals surface area contributed by atoms with Gasteiger partial charge in [0.1, 0.15) is 23.4 Å². The topological polar surface area (TPSA) is 110 Å². The van der Waals surface area contributed by atoms with E-state index in [1.165, 1.54) is 20.8 Å². The third-order valence-electron chi connectivity index (χ3n) is 10.2. The Morgan fingerprint density at radius 1 is 0.812 bits per heavy atom. The third-order valence-corrected chi connectivity index (χ3v) is 10.2. The van der Waals surface area contributed by atoms with Crippen LogP contribution in [-0.2, 0) is 23.9 Å². The summed E-state index contributed by atoms with van der Waals surface area (Å²) in [7, 11) is 0. The van der Waals surface area contributed by atoms with Crippen LogP contribution in [0.4, 0.5) is 0 Å². The molecular weight excluding hydrogens is 412 g/mol. The van der Waals surface area contributed by atoms with Gasteiger partial charge >= 0.3 is 11.9 Å². The fraction of sp³-hybridized carbons (Fsp3) is 0.880. The van der Waals surface area contributed by atoms with Crippen LogP contribution in [0.3, 0.4) is 0 Å². The number of Topliss-reactive ketones (excluding diaryl/α,β-unsaturated/α-hetero) is 1. The number of fused-ring (bicyclic) bond motifs is 5. The van der Waals surface area contributed by atoms with Gasteiger partial charge in [0.05, 0.1) is 0 Å². The summed E-state index contributed by atoms with van der Waals surface area (Å²) in [6, 6.07) is 0. The predicted octanol–water partition coefficient (Wildman–Crippen LogP) is 2.94. The minimum Gasteiger partial charge on any atom is -0.462 e. The second-order valence-electron chi connectivity index (χ2n) is 11.4. The van der Waals surface area contributed by atoms with Crippen molar-refractivity contribution in [3.63, 3.8) is 0 Å². The standard InChI is InChI=1S/C25H38O7/c1-14(26)24(29)11-8-20-18-12-21(32-16(3)28)25(30)13-17(31-15(2)27)6-9-23(25,5)19(18)7-10-22(20,24)4/h17-21,29-30H,6-13H2,1-5H3/t17-,18+,19-,20-,21+,22-,23+,24-,25-/m0/s1. The molecule has 0 unspecified atom stereocenters. The minimum absolute atomic E-state index is 0.126. The van der Waals surface area contributed by atoms with Crippen molar-refractivity contribution in [1.29, 1.82) is 0 Å². The zero-order valence-corrected chi connectivity index (χ0v) is 20.0. The minimum atomic E-state index is -1.32. The molecule has 4 fully saturated rings. The number of aliphatic hydroxyl groups is 2. The summed E-state index contributed by atoms with van der Waals surface area (Å²) in [5.41, 5.74) is -3.63. The van der Waals surface area contributed by atoms with Gasteiger partial charge in [-0.2, -0.15) is 0 Å². The van der Waals surface area contributed by atoms with Crippen LogP contribution in [0.15, 0.2) is 0 Å². The number of rotatable bonds is 3. The van der Waals surface area contributed by atoms with E-state index in [1.807, 2.05) is 6.92 Å². The number of ether oxygens (including phenoxy) is 2. The van der Waals surface area contributed by atoms with Crippen LogP contribution in [0.1, 0.15) is 86.0 Å². The highest BCUT2D eigenvalue weighted by molar-refractivity contribution is 5.86. The molecule has 0 amide bonds. The van der Waals surface area contributed by atoms with Gasteiger partial charge in [-0.3, -0.25) is 14.4 Å². The van der Waals surface area contributed by atoms with Crippen LogP contribution in [0.25, 0.3) is 0 Å². The lowest BCUT2D eigenvalue weighted by Crippen LogP contribution is -2.70. The monoisotopic (exact) mass is 450 g/mol. The number of hydrogen-bond acceptors (Lipinski definition) is 7. The van der Waals surface area contributed by atoms with Crippen LogP contribution in [0.5, 0.6) is 0 Å². The molecule has 2 N–H and O–H groups in total. The molecule has 0 radical (unpaired) electrons. The van der Waals surface area contributed by atoms with Gasteiger partial charge in [0.15, 0.2) is 5.78 Å². The first-order valence-corrected chi connectivity index (χ1v) is 12.1. The molecule has 0 aromatic rings. The van der Waals surface area contributed by atoms with E-state index in [0.29, 0.717) is 25.7 Å². The molecule has 4 saturated carbocycles. The van der Waals surface area contributed by atoms with E-state index in [9.17, 15) is 24.6 Å². The molecule has 0 bridgehead atoms. The van der Waals surface area contributed by atoms with Gasteiger partial charge in [0.25, 0.3) is 0 Å². The fourth-order valence-electron chi connectivity index (χ4n) is 8.49. The Morgan fingerprint density at radius 2 is 1.38 bits per heavy atom. The van der Waals surface area contributed by atoms with Gasteiger partial charge in [-0.1, -0.05) is 13.8 Å². The van der Waals surface area contributed by atoms with Crippen molar-refractivity contribution in [3.05, 3.63) is 0 Å². The molecule has 4 rings (SSSR count). The molecule has 180 valence electrons. The van der Waals surface area contributed by atoms with Crippen LogP contribution in [-0.4, -0.2) is 51.3 Å². The number of carbonyl (C=O) groups excluding carboxylic acids is 3. The second kappa shape index (κ2) is 7.52. The molecule has 32 heavy (non-hydrogen) atoms. The lowest BCUT2D eigenvalue weighted by molar-refractivity contribution is -0.273. The predicted molar refractivity (Wildman–Crippen MR) is 115 cm³/mol. The molecular formula is C25H38O7. The van der Waals surface area contributed by atoms with Gasteiger partial charge in [0, 0.05) is 31.1 Å². The zero-order chi connectivity index (χ0) is 23.7. The van der Waals surface area contributed by atoms with E-state index < -0.39 is 40.2 Å². The van der Waals surface area contributed by atoms with Crippen molar-refractivity contribution in [3.8, 4) is 0 Å². The van der Waals surface area contributed by atoms with Crippen LogP contribution in [0, 0.1) is 28.6 Å². The molecule has 7 heteroatoms. The molecule has 7 nitrogen and oxygen atoms in total. The van der Waals surface area contributed by atoms with Crippen molar-refractivity contribution in [2.75, 3.05) is 0 Å². The Kier molecular flexibility index (Phi) is 5.57. The van der Waals surface area contributed by atoms with Gasteiger partial charge in [0.2, 0.25) is 0 Å². The Bertz CT molecular complexity index is 825. The number of carbonyl (C=O) groups is 3.